The summed E-state index contributed by atoms with van der Waals surface area (Å²) in [5.41, 5.74) is 1.81. The van der Waals surface area contributed by atoms with Crippen LogP contribution in [0.4, 0.5) is 0 Å². The fourth-order valence-electron chi connectivity index (χ4n) is 3.71. The molecule has 0 bridgehead atoms. The van der Waals surface area contributed by atoms with E-state index in [0.29, 0.717) is 31.3 Å². The number of nitrogens with zero attached hydrogens (tertiary/aromatic N) is 3. The first kappa shape index (κ1) is 17.0. The zero-order chi connectivity index (χ0) is 17.4. The highest BCUT2D eigenvalue weighted by atomic mass is 16.4. The molecule has 3 rings (SSSR count). The number of aromatic nitrogens is 2. The number of aliphatic carboxylic acids is 1. The van der Waals surface area contributed by atoms with Crippen LogP contribution in [0.2, 0.25) is 0 Å². The predicted molar refractivity (Wildman–Crippen MR) is 89.9 cm³/mol. The van der Waals surface area contributed by atoms with E-state index in [1.165, 1.54) is 0 Å². The van der Waals surface area contributed by atoms with Crippen molar-refractivity contribution in [2.45, 2.75) is 52.5 Å². The van der Waals surface area contributed by atoms with Crippen LogP contribution in [0.3, 0.4) is 0 Å². The van der Waals surface area contributed by atoms with E-state index in [-0.39, 0.29) is 17.7 Å². The topological polar surface area (TPSA) is 75.4 Å². The number of carbonyl (C=O) groups is 2. The van der Waals surface area contributed by atoms with Crippen molar-refractivity contribution in [3.05, 3.63) is 17.5 Å². The second-order valence-corrected chi connectivity index (χ2v) is 7.76. The van der Waals surface area contributed by atoms with Crippen LogP contribution < -0.4 is 0 Å². The van der Waals surface area contributed by atoms with Gasteiger partial charge in [-0.2, -0.15) is 5.10 Å². The van der Waals surface area contributed by atoms with E-state index in [1.807, 2.05) is 16.5 Å². The summed E-state index contributed by atoms with van der Waals surface area (Å²) in [4.78, 5) is 26.1. The predicted octanol–water partition coefficient (Wildman–Crippen LogP) is 2.60. The van der Waals surface area contributed by atoms with Crippen LogP contribution in [0.25, 0.3) is 0 Å². The van der Waals surface area contributed by atoms with E-state index in [0.717, 1.165) is 30.6 Å². The summed E-state index contributed by atoms with van der Waals surface area (Å²) in [6.45, 7) is 8.07. The van der Waals surface area contributed by atoms with Crippen molar-refractivity contribution in [2.75, 3.05) is 13.1 Å². The monoisotopic (exact) mass is 333 g/mol. The zero-order valence-electron chi connectivity index (χ0n) is 14.7. The average molecular weight is 333 g/mol. The van der Waals surface area contributed by atoms with Crippen LogP contribution in [-0.2, 0) is 11.3 Å². The van der Waals surface area contributed by atoms with Gasteiger partial charge in [0.2, 0.25) is 0 Å². The lowest BCUT2D eigenvalue weighted by atomic mass is 9.87. The smallest absolute Gasteiger partial charge is 0.306 e. The molecule has 2 fully saturated rings. The lowest BCUT2D eigenvalue weighted by molar-refractivity contribution is -0.145. The van der Waals surface area contributed by atoms with Gasteiger partial charge in [-0.15, -0.1) is 0 Å². The number of amides is 1. The van der Waals surface area contributed by atoms with E-state index in [4.69, 9.17) is 0 Å². The van der Waals surface area contributed by atoms with Crippen LogP contribution in [0, 0.1) is 17.8 Å². The Kier molecular flexibility index (Phi) is 4.65. The molecule has 1 aliphatic heterocycles. The summed E-state index contributed by atoms with van der Waals surface area (Å²) in [6, 6.07) is 0. The normalized spacial score (nSPS) is 24.4. The summed E-state index contributed by atoms with van der Waals surface area (Å²) in [6.07, 6.45) is 4.50. The fraction of sp³-hybridized carbons (Fsp3) is 0.722. The highest BCUT2D eigenvalue weighted by Crippen LogP contribution is 2.42. The maximum absolute atomic E-state index is 13.0. The Morgan fingerprint density at radius 3 is 2.58 bits per heavy atom. The maximum atomic E-state index is 13.0. The lowest BCUT2D eigenvalue weighted by Gasteiger charge is -2.35. The number of carbonyl (C=O) groups excluding carboxylic acids is 1. The molecule has 1 aliphatic carbocycles. The number of rotatable bonds is 5. The molecule has 2 heterocycles. The van der Waals surface area contributed by atoms with Crippen molar-refractivity contribution >= 4 is 11.9 Å². The first-order valence-corrected chi connectivity index (χ1v) is 8.96. The minimum Gasteiger partial charge on any atom is -0.481 e. The molecule has 6 heteroatoms. The van der Waals surface area contributed by atoms with Gasteiger partial charge < -0.3 is 10.0 Å². The molecule has 2 aliphatic rings. The number of likely N-dealkylation sites (tertiary alicyclic amines) is 1. The molecule has 1 saturated carbocycles. The van der Waals surface area contributed by atoms with Crippen molar-refractivity contribution in [2.24, 2.45) is 17.8 Å². The first-order chi connectivity index (χ1) is 11.4. The molecule has 1 aromatic heterocycles. The average Bonchev–Trinajstić information content (AvgIpc) is 3.27. The van der Waals surface area contributed by atoms with Gasteiger partial charge in [-0.3, -0.25) is 14.3 Å². The standard InChI is InChI=1S/C18H27N3O3/c1-11(2)9-21-16(13-4-5-13)15(8-19-21)17(22)20-7-6-14(18(23)24)12(3)10-20/h8,11-14H,4-7,9-10H2,1-3H3,(H,23,24). The Balaban J connectivity index is 1.78. The lowest BCUT2D eigenvalue weighted by Crippen LogP contribution is -2.45. The van der Waals surface area contributed by atoms with Gasteiger partial charge in [0.1, 0.15) is 0 Å². The van der Waals surface area contributed by atoms with Crippen molar-refractivity contribution in [1.29, 1.82) is 0 Å². The summed E-state index contributed by atoms with van der Waals surface area (Å²) < 4.78 is 2.00. The molecule has 6 nitrogen and oxygen atoms in total. The summed E-state index contributed by atoms with van der Waals surface area (Å²) in [7, 11) is 0. The molecule has 0 radical (unpaired) electrons. The van der Waals surface area contributed by atoms with Gasteiger partial charge in [0.05, 0.1) is 23.4 Å². The molecule has 1 saturated heterocycles. The molecule has 1 aromatic rings. The Labute approximate surface area is 142 Å². The highest BCUT2D eigenvalue weighted by molar-refractivity contribution is 5.95. The SMILES string of the molecule is CC(C)Cn1ncc(C(=O)N2CCC(C(=O)O)C(C)C2)c1C1CC1. The third-order valence-corrected chi connectivity index (χ3v) is 5.12. The third-order valence-electron chi connectivity index (χ3n) is 5.12. The van der Waals surface area contributed by atoms with Gasteiger partial charge >= 0.3 is 5.97 Å². The van der Waals surface area contributed by atoms with Crippen LogP contribution in [0.5, 0.6) is 0 Å². The van der Waals surface area contributed by atoms with Crippen molar-refractivity contribution in [3.63, 3.8) is 0 Å². The Bertz CT molecular complexity index is 633. The molecule has 0 aromatic carbocycles. The number of piperidine rings is 1. The van der Waals surface area contributed by atoms with Crippen LogP contribution >= 0.6 is 0 Å². The Morgan fingerprint density at radius 2 is 2.04 bits per heavy atom. The molecule has 24 heavy (non-hydrogen) atoms. The van der Waals surface area contributed by atoms with Gasteiger partial charge in [0, 0.05) is 25.6 Å². The third kappa shape index (κ3) is 3.32. The molecule has 2 unspecified atom stereocenters. The van der Waals surface area contributed by atoms with Gasteiger partial charge in [0.15, 0.2) is 0 Å². The van der Waals surface area contributed by atoms with Crippen LogP contribution in [0.1, 0.15) is 62.0 Å². The molecule has 132 valence electrons. The molecular formula is C18H27N3O3. The Hall–Kier alpha value is -1.85. The maximum Gasteiger partial charge on any atom is 0.306 e. The number of carboxylic acid groups (broad SMARTS) is 1. The molecule has 0 spiro atoms. The molecule has 2 atom stereocenters. The van der Waals surface area contributed by atoms with Crippen LogP contribution in [0.15, 0.2) is 6.20 Å². The van der Waals surface area contributed by atoms with Gasteiger partial charge in [0.25, 0.3) is 5.91 Å². The van der Waals surface area contributed by atoms with Crippen molar-refractivity contribution < 1.29 is 14.7 Å². The Morgan fingerprint density at radius 1 is 1.33 bits per heavy atom. The summed E-state index contributed by atoms with van der Waals surface area (Å²) >= 11 is 0. The van der Waals surface area contributed by atoms with Crippen molar-refractivity contribution in [1.82, 2.24) is 14.7 Å². The number of carboxylic acids is 1. The van der Waals surface area contributed by atoms with E-state index in [2.05, 4.69) is 18.9 Å². The summed E-state index contributed by atoms with van der Waals surface area (Å²) in [5.74, 6) is -0.160. The minimum absolute atomic E-state index is 0.0163. The highest BCUT2D eigenvalue weighted by Gasteiger charge is 2.37. The van der Waals surface area contributed by atoms with E-state index in [1.54, 1.807) is 6.20 Å². The van der Waals surface area contributed by atoms with E-state index < -0.39 is 5.97 Å². The van der Waals surface area contributed by atoms with E-state index >= 15 is 0 Å². The number of hydrogen-bond donors (Lipinski definition) is 1. The first-order valence-electron chi connectivity index (χ1n) is 8.96. The molecular weight excluding hydrogens is 306 g/mol. The van der Waals surface area contributed by atoms with Crippen molar-refractivity contribution in [3.8, 4) is 0 Å². The second kappa shape index (κ2) is 6.57. The van der Waals surface area contributed by atoms with Gasteiger partial charge in [-0.25, -0.2) is 0 Å². The van der Waals surface area contributed by atoms with Crippen LogP contribution in [-0.4, -0.2) is 44.8 Å². The van der Waals surface area contributed by atoms with Gasteiger partial charge in [-0.05, 0) is 31.1 Å². The number of hydrogen-bond acceptors (Lipinski definition) is 3. The zero-order valence-corrected chi connectivity index (χ0v) is 14.7. The van der Waals surface area contributed by atoms with Gasteiger partial charge in [-0.1, -0.05) is 20.8 Å². The fourth-order valence-corrected chi connectivity index (χ4v) is 3.71. The second-order valence-electron chi connectivity index (χ2n) is 7.76. The largest absolute Gasteiger partial charge is 0.481 e. The minimum atomic E-state index is -0.752. The molecule has 1 amide bonds. The molecule has 1 N–H and O–H groups in total. The van der Waals surface area contributed by atoms with E-state index in [9.17, 15) is 14.7 Å². The summed E-state index contributed by atoms with van der Waals surface area (Å²) in [5, 5.41) is 13.7. The quantitative estimate of drug-likeness (QED) is 0.899.